The predicted octanol–water partition coefficient (Wildman–Crippen LogP) is 1.80. The number of hydrogen-bond acceptors (Lipinski definition) is 3. The number of hydrogen-bond donors (Lipinski definition) is 2. The van der Waals surface area contributed by atoms with Gasteiger partial charge in [-0.2, -0.15) is 0 Å². The zero-order valence-corrected chi connectivity index (χ0v) is 11.0. The van der Waals surface area contributed by atoms with Crippen molar-refractivity contribution in [1.29, 1.82) is 0 Å². The van der Waals surface area contributed by atoms with Gasteiger partial charge < -0.3 is 15.2 Å². The fourth-order valence-corrected chi connectivity index (χ4v) is 2.80. The first-order chi connectivity index (χ1) is 7.55. The van der Waals surface area contributed by atoms with E-state index < -0.39 is 0 Å². The fourth-order valence-electron chi connectivity index (χ4n) is 2.80. The molecule has 1 rings (SSSR count). The molecule has 1 aliphatic rings. The van der Waals surface area contributed by atoms with E-state index in [9.17, 15) is 0 Å². The number of rotatable bonds is 7. The molecule has 0 unspecified atom stereocenters. The molecule has 0 aromatic heterocycles. The number of nitrogens with one attached hydrogen (secondary N) is 1. The third kappa shape index (κ3) is 4.81. The van der Waals surface area contributed by atoms with Gasteiger partial charge in [0.05, 0.1) is 13.2 Å². The van der Waals surface area contributed by atoms with Crippen LogP contribution in [0.2, 0.25) is 0 Å². The molecule has 0 spiro atoms. The summed E-state index contributed by atoms with van der Waals surface area (Å²) in [4.78, 5) is 0. The van der Waals surface area contributed by atoms with Gasteiger partial charge in [-0.1, -0.05) is 20.8 Å². The van der Waals surface area contributed by atoms with Crippen molar-refractivity contribution in [2.24, 2.45) is 11.3 Å². The van der Waals surface area contributed by atoms with Crippen LogP contribution in [0.3, 0.4) is 0 Å². The van der Waals surface area contributed by atoms with Gasteiger partial charge in [-0.15, -0.1) is 0 Å². The minimum Gasteiger partial charge on any atom is -0.394 e. The molecule has 96 valence electrons. The van der Waals surface area contributed by atoms with Crippen LogP contribution >= 0.6 is 0 Å². The minimum absolute atomic E-state index is 0.126. The molecule has 1 aliphatic carbocycles. The second-order valence-electron chi connectivity index (χ2n) is 5.80. The molecule has 0 bridgehead atoms. The molecular formula is C13H27NO2. The smallest absolute Gasteiger partial charge is 0.0697 e. The average molecular weight is 229 g/mol. The fraction of sp³-hybridized carbons (Fsp3) is 1.00. The van der Waals surface area contributed by atoms with Crippen LogP contribution in [0.25, 0.3) is 0 Å². The Hall–Kier alpha value is -0.120. The van der Waals surface area contributed by atoms with E-state index in [0.29, 0.717) is 18.1 Å². The summed E-state index contributed by atoms with van der Waals surface area (Å²) in [6.45, 7) is 9.42. The lowest BCUT2D eigenvalue weighted by atomic mass is 9.91. The molecule has 3 nitrogen and oxygen atoms in total. The molecule has 16 heavy (non-hydrogen) atoms. The van der Waals surface area contributed by atoms with Crippen LogP contribution < -0.4 is 5.32 Å². The van der Waals surface area contributed by atoms with Crippen LogP contribution in [0.15, 0.2) is 0 Å². The number of aliphatic hydroxyl groups excluding tert-OH is 1. The molecule has 0 aromatic rings. The van der Waals surface area contributed by atoms with E-state index in [2.05, 4.69) is 26.1 Å². The van der Waals surface area contributed by atoms with Crippen molar-refractivity contribution in [2.45, 2.75) is 46.1 Å². The van der Waals surface area contributed by atoms with Crippen molar-refractivity contribution < 1.29 is 9.84 Å². The second kappa shape index (κ2) is 6.58. The summed E-state index contributed by atoms with van der Waals surface area (Å²) in [5.74, 6) is 0.786. The van der Waals surface area contributed by atoms with E-state index in [-0.39, 0.29) is 6.61 Å². The lowest BCUT2D eigenvalue weighted by Crippen LogP contribution is -2.32. The minimum atomic E-state index is 0.126. The highest BCUT2D eigenvalue weighted by Crippen LogP contribution is 2.40. The predicted molar refractivity (Wildman–Crippen MR) is 66.5 cm³/mol. The van der Waals surface area contributed by atoms with Crippen molar-refractivity contribution >= 4 is 0 Å². The van der Waals surface area contributed by atoms with Crippen LogP contribution in [-0.4, -0.2) is 37.5 Å². The Morgan fingerprint density at radius 3 is 2.62 bits per heavy atom. The molecule has 0 aliphatic heterocycles. The highest BCUT2D eigenvalue weighted by Gasteiger charge is 2.35. The molecule has 1 saturated carbocycles. The Balaban J connectivity index is 2.05. The highest BCUT2D eigenvalue weighted by molar-refractivity contribution is 4.90. The van der Waals surface area contributed by atoms with E-state index in [1.807, 2.05) is 0 Å². The summed E-state index contributed by atoms with van der Waals surface area (Å²) in [5.41, 5.74) is 0.504. The number of ether oxygens (including phenoxy) is 1. The van der Waals surface area contributed by atoms with Crippen molar-refractivity contribution in [1.82, 2.24) is 5.32 Å². The van der Waals surface area contributed by atoms with E-state index in [1.165, 1.54) is 12.8 Å². The molecule has 2 atom stereocenters. The normalized spacial score (nSPS) is 28.5. The van der Waals surface area contributed by atoms with E-state index in [4.69, 9.17) is 9.84 Å². The van der Waals surface area contributed by atoms with Gasteiger partial charge in [-0.05, 0) is 37.1 Å². The topological polar surface area (TPSA) is 41.5 Å². The summed E-state index contributed by atoms with van der Waals surface area (Å²) >= 11 is 0. The van der Waals surface area contributed by atoms with E-state index >= 15 is 0 Å². The lowest BCUT2D eigenvalue weighted by molar-refractivity contribution is 0.0902. The van der Waals surface area contributed by atoms with Gasteiger partial charge in [0.15, 0.2) is 0 Å². The van der Waals surface area contributed by atoms with Gasteiger partial charge >= 0.3 is 0 Å². The zero-order chi connectivity index (χ0) is 12.0. The molecule has 3 heteroatoms. The van der Waals surface area contributed by atoms with Crippen LogP contribution in [0.4, 0.5) is 0 Å². The molecule has 2 N–H and O–H groups in total. The SMILES string of the molecule is C[C@H]1CC(C)(C)C[C@@H]1NCCCOCCO. The summed E-state index contributed by atoms with van der Waals surface area (Å²) in [6, 6.07) is 0.674. The van der Waals surface area contributed by atoms with E-state index in [0.717, 1.165) is 25.5 Å². The summed E-state index contributed by atoms with van der Waals surface area (Å²) < 4.78 is 5.23. The molecule has 0 saturated heterocycles. The monoisotopic (exact) mass is 229 g/mol. The summed E-state index contributed by atoms with van der Waals surface area (Å²) in [6.07, 6.45) is 3.64. The van der Waals surface area contributed by atoms with Crippen LogP contribution in [-0.2, 0) is 4.74 Å². The van der Waals surface area contributed by atoms with Gasteiger partial charge in [0.25, 0.3) is 0 Å². The molecule has 1 fully saturated rings. The van der Waals surface area contributed by atoms with Gasteiger partial charge in [-0.25, -0.2) is 0 Å². The maximum absolute atomic E-state index is 8.55. The van der Waals surface area contributed by atoms with Crippen LogP contribution in [0, 0.1) is 11.3 Å². The van der Waals surface area contributed by atoms with Gasteiger partial charge in [0.1, 0.15) is 0 Å². The maximum Gasteiger partial charge on any atom is 0.0697 e. The van der Waals surface area contributed by atoms with Crippen LogP contribution in [0.5, 0.6) is 0 Å². The molecular weight excluding hydrogens is 202 g/mol. The number of aliphatic hydroxyl groups is 1. The lowest BCUT2D eigenvalue weighted by Gasteiger charge is -2.18. The van der Waals surface area contributed by atoms with Crippen molar-refractivity contribution in [3.8, 4) is 0 Å². The largest absolute Gasteiger partial charge is 0.394 e. The van der Waals surface area contributed by atoms with Crippen molar-refractivity contribution in [3.05, 3.63) is 0 Å². The Bertz CT molecular complexity index is 194. The maximum atomic E-state index is 8.55. The third-order valence-corrected chi connectivity index (χ3v) is 3.44. The van der Waals surface area contributed by atoms with Crippen molar-refractivity contribution in [2.75, 3.05) is 26.4 Å². The van der Waals surface area contributed by atoms with E-state index in [1.54, 1.807) is 0 Å². The first-order valence-corrected chi connectivity index (χ1v) is 6.47. The van der Waals surface area contributed by atoms with Gasteiger partial charge in [-0.3, -0.25) is 0 Å². The van der Waals surface area contributed by atoms with Gasteiger partial charge in [0.2, 0.25) is 0 Å². The first-order valence-electron chi connectivity index (χ1n) is 6.47. The standard InChI is InChI=1S/C13H27NO2/c1-11-9-13(2,3)10-12(11)14-5-4-7-16-8-6-15/h11-12,14-15H,4-10H2,1-3H3/t11-,12-/m0/s1. The Labute approximate surface area is 99.6 Å². The Morgan fingerprint density at radius 1 is 1.31 bits per heavy atom. The van der Waals surface area contributed by atoms with Gasteiger partial charge in [0, 0.05) is 12.6 Å². The molecule has 0 amide bonds. The van der Waals surface area contributed by atoms with Crippen LogP contribution in [0.1, 0.15) is 40.0 Å². The summed E-state index contributed by atoms with van der Waals surface area (Å²) in [5, 5.41) is 12.2. The third-order valence-electron chi connectivity index (χ3n) is 3.44. The molecule has 0 aromatic carbocycles. The quantitative estimate of drug-likeness (QED) is 0.654. The van der Waals surface area contributed by atoms with Crippen molar-refractivity contribution in [3.63, 3.8) is 0 Å². The highest BCUT2D eigenvalue weighted by atomic mass is 16.5. The Kier molecular flexibility index (Phi) is 5.73. The first kappa shape index (κ1) is 13.9. The molecule has 0 heterocycles. The Morgan fingerprint density at radius 2 is 2.06 bits per heavy atom. The summed E-state index contributed by atoms with van der Waals surface area (Å²) in [7, 11) is 0. The second-order valence-corrected chi connectivity index (χ2v) is 5.80. The molecule has 0 radical (unpaired) electrons. The average Bonchev–Trinajstić information content (AvgIpc) is 2.45. The zero-order valence-electron chi connectivity index (χ0n) is 11.0.